The van der Waals surface area contributed by atoms with E-state index in [2.05, 4.69) is 26.2 Å². The lowest BCUT2D eigenvalue weighted by Crippen LogP contribution is -2.13. The molecule has 0 aliphatic carbocycles. The number of benzene rings is 1. The molecule has 0 fully saturated rings. The van der Waals surface area contributed by atoms with Crippen LogP contribution in [0.3, 0.4) is 0 Å². The number of anilines is 2. The summed E-state index contributed by atoms with van der Waals surface area (Å²) in [7, 11) is 5.46. The predicted molar refractivity (Wildman–Crippen MR) is 86.5 cm³/mol. The molecule has 2 rings (SSSR count). The average molecular weight is 354 g/mol. The monoisotopic (exact) mass is 353 g/mol. The summed E-state index contributed by atoms with van der Waals surface area (Å²) in [5, 5.41) is 3.27. The largest absolute Gasteiger partial charge is 0.479 e. The standard InChI is InChI=1S/C15H17BrFN3O/c1-20(2)13-6-7-18-15(21-3)14(13)19-9-10-8-11(17)4-5-12(10)16/h4-8,19H,9H2,1-3H3. The van der Waals surface area contributed by atoms with Crippen molar-refractivity contribution in [1.29, 1.82) is 0 Å². The number of pyridine rings is 1. The zero-order valence-electron chi connectivity index (χ0n) is 12.2. The second-order valence-electron chi connectivity index (χ2n) is 4.70. The molecular formula is C15H17BrFN3O. The Kier molecular flexibility index (Phi) is 5.01. The fourth-order valence-electron chi connectivity index (χ4n) is 1.99. The van der Waals surface area contributed by atoms with Gasteiger partial charge in [-0.2, -0.15) is 0 Å². The van der Waals surface area contributed by atoms with Crippen LogP contribution in [0, 0.1) is 5.82 Å². The Labute approximate surface area is 132 Å². The summed E-state index contributed by atoms with van der Waals surface area (Å²) in [4.78, 5) is 6.16. The Hall–Kier alpha value is -1.82. The van der Waals surface area contributed by atoms with E-state index < -0.39 is 0 Å². The van der Waals surface area contributed by atoms with Crippen molar-refractivity contribution in [3.05, 3.63) is 46.3 Å². The lowest BCUT2D eigenvalue weighted by atomic mass is 10.2. The number of rotatable bonds is 5. The molecule has 0 unspecified atom stereocenters. The summed E-state index contributed by atoms with van der Waals surface area (Å²) < 4.78 is 19.5. The summed E-state index contributed by atoms with van der Waals surface area (Å²) in [6, 6.07) is 6.50. The first-order chi connectivity index (χ1) is 10.0. The summed E-state index contributed by atoms with van der Waals surface area (Å²) in [6.45, 7) is 0.460. The average Bonchev–Trinajstić information content (AvgIpc) is 2.47. The lowest BCUT2D eigenvalue weighted by molar-refractivity contribution is 0.400. The molecule has 0 spiro atoms. The minimum Gasteiger partial charge on any atom is -0.479 e. The van der Waals surface area contributed by atoms with Gasteiger partial charge < -0.3 is 15.0 Å². The van der Waals surface area contributed by atoms with Gasteiger partial charge in [0.05, 0.1) is 12.8 Å². The van der Waals surface area contributed by atoms with E-state index in [-0.39, 0.29) is 5.82 Å². The van der Waals surface area contributed by atoms with Crippen molar-refractivity contribution >= 4 is 27.3 Å². The van der Waals surface area contributed by atoms with Crippen molar-refractivity contribution in [2.75, 3.05) is 31.4 Å². The van der Waals surface area contributed by atoms with Crippen molar-refractivity contribution in [2.45, 2.75) is 6.54 Å². The Morgan fingerprint density at radius 3 is 2.76 bits per heavy atom. The number of nitrogens with zero attached hydrogens (tertiary/aromatic N) is 2. The molecule has 0 radical (unpaired) electrons. The Morgan fingerprint density at radius 2 is 2.10 bits per heavy atom. The number of hydrogen-bond donors (Lipinski definition) is 1. The third-order valence-corrected chi connectivity index (χ3v) is 3.81. The van der Waals surface area contributed by atoms with Gasteiger partial charge in [0.25, 0.3) is 0 Å². The Balaban J connectivity index is 2.29. The van der Waals surface area contributed by atoms with Gasteiger partial charge in [-0.15, -0.1) is 0 Å². The molecule has 21 heavy (non-hydrogen) atoms. The molecule has 4 nitrogen and oxygen atoms in total. The normalized spacial score (nSPS) is 10.3. The number of halogens is 2. The van der Waals surface area contributed by atoms with Crippen LogP contribution in [0.1, 0.15) is 5.56 Å². The van der Waals surface area contributed by atoms with Crippen LogP contribution in [-0.2, 0) is 6.54 Å². The molecule has 0 amide bonds. The van der Waals surface area contributed by atoms with Gasteiger partial charge in [-0.05, 0) is 29.8 Å². The number of aromatic nitrogens is 1. The maximum absolute atomic E-state index is 13.3. The van der Waals surface area contributed by atoms with Crippen LogP contribution in [0.4, 0.5) is 15.8 Å². The van der Waals surface area contributed by atoms with E-state index in [9.17, 15) is 4.39 Å². The molecule has 1 heterocycles. The third-order valence-electron chi connectivity index (χ3n) is 3.03. The van der Waals surface area contributed by atoms with Crippen LogP contribution in [0.2, 0.25) is 0 Å². The van der Waals surface area contributed by atoms with Gasteiger partial charge in [-0.1, -0.05) is 15.9 Å². The van der Waals surface area contributed by atoms with E-state index in [0.29, 0.717) is 12.4 Å². The Bertz CT molecular complexity index is 634. The highest BCUT2D eigenvalue weighted by Crippen LogP contribution is 2.32. The smallest absolute Gasteiger partial charge is 0.239 e. The van der Waals surface area contributed by atoms with Gasteiger partial charge in [-0.3, -0.25) is 0 Å². The van der Waals surface area contributed by atoms with Crippen LogP contribution in [0.25, 0.3) is 0 Å². The number of hydrogen-bond acceptors (Lipinski definition) is 4. The van der Waals surface area contributed by atoms with E-state index in [0.717, 1.165) is 21.4 Å². The first-order valence-electron chi connectivity index (χ1n) is 6.41. The second-order valence-corrected chi connectivity index (χ2v) is 5.55. The first kappa shape index (κ1) is 15.6. The summed E-state index contributed by atoms with van der Waals surface area (Å²) in [6.07, 6.45) is 1.69. The zero-order chi connectivity index (χ0) is 15.4. The van der Waals surface area contributed by atoms with Crippen LogP contribution in [0.5, 0.6) is 5.88 Å². The lowest BCUT2D eigenvalue weighted by Gasteiger charge is -2.20. The quantitative estimate of drug-likeness (QED) is 0.889. The van der Waals surface area contributed by atoms with E-state index in [1.54, 1.807) is 19.4 Å². The molecular weight excluding hydrogens is 337 g/mol. The topological polar surface area (TPSA) is 37.4 Å². The maximum atomic E-state index is 13.3. The fourth-order valence-corrected chi connectivity index (χ4v) is 2.38. The molecule has 6 heteroatoms. The molecule has 0 saturated carbocycles. The molecule has 0 atom stereocenters. The van der Waals surface area contributed by atoms with Crippen molar-refractivity contribution in [1.82, 2.24) is 4.98 Å². The summed E-state index contributed by atoms with van der Waals surface area (Å²) >= 11 is 3.42. The van der Waals surface area contributed by atoms with Crippen molar-refractivity contribution < 1.29 is 9.13 Å². The highest BCUT2D eigenvalue weighted by molar-refractivity contribution is 9.10. The van der Waals surface area contributed by atoms with E-state index in [4.69, 9.17) is 4.74 Å². The molecule has 1 N–H and O–H groups in total. The minimum absolute atomic E-state index is 0.263. The molecule has 2 aromatic rings. The van der Waals surface area contributed by atoms with Gasteiger partial charge in [0.1, 0.15) is 11.5 Å². The van der Waals surface area contributed by atoms with Gasteiger partial charge in [0, 0.05) is 31.3 Å². The molecule has 0 saturated heterocycles. The molecule has 1 aromatic heterocycles. The van der Waals surface area contributed by atoms with Gasteiger partial charge >= 0.3 is 0 Å². The van der Waals surface area contributed by atoms with Crippen LogP contribution >= 0.6 is 15.9 Å². The van der Waals surface area contributed by atoms with Gasteiger partial charge in [0.15, 0.2) is 0 Å². The third kappa shape index (κ3) is 3.64. The van der Waals surface area contributed by atoms with Crippen molar-refractivity contribution in [3.63, 3.8) is 0 Å². The highest BCUT2D eigenvalue weighted by atomic mass is 79.9. The van der Waals surface area contributed by atoms with E-state index in [1.807, 2.05) is 25.1 Å². The predicted octanol–water partition coefficient (Wildman–Crippen LogP) is 3.67. The Morgan fingerprint density at radius 1 is 1.33 bits per heavy atom. The van der Waals surface area contributed by atoms with Crippen LogP contribution < -0.4 is 15.0 Å². The van der Waals surface area contributed by atoms with E-state index in [1.165, 1.54) is 12.1 Å². The maximum Gasteiger partial charge on any atom is 0.239 e. The number of nitrogens with one attached hydrogen (secondary N) is 1. The van der Waals surface area contributed by atoms with Crippen molar-refractivity contribution in [2.24, 2.45) is 0 Å². The van der Waals surface area contributed by atoms with E-state index >= 15 is 0 Å². The molecule has 0 aliphatic rings. The molecule has 0 bridgehead atoms. The zero-order valence-corrected chi connectivity index (χ0v) is 13.7. The minimum atomic E-state index is -0.263. The second kappa shape index (κ2) is 6.76. The molecule has 1 aromatic carbocycles. The van der Waals surface area contributed by atoms with Crippen LogP contribution in [0.15, 0.2) is 34.9 Å². The molecule has 0 aliphatic heterocycles. The molecule has 112 valence electrons. The fraction of sp³-hybridized carbons (Fsp3) is 0.267. The van der Waals surface area contributed by atoms with Gasteiger partial charge in [-0.25, -0.2) is 9.37 Å². The first-order valence-corrected chi connectivity index (χ1v) is 7.20. The number of ether oxygens (including phenoxy) is 1. The van der Waals surface area contributed by atoms with Crippen molar-refractivity contribution in [3.8, 4) is 5.88 Å². The van der Waals surface area contributed by atoms with Crippen LogP contribution in [-0.4, -0.2) is 26.2 Å². The summed E-state index contributed by atoms with van der Waals surface area (Å²) in [5.41, 5.74) is 2.56. The van der Waals surface area contributed by atoms with Gasteiger partial charge in [0.2, 0.25) is 5.88 Å². The highest BCUT2D eigenvalue weighted by Gasteiger charge is 2.12. The summed E-state index contributed by atoms with van der Waals surface area (Å²) in [5.74, 6) is 0.245. The number of methoxy groups -OCH3 is 1. The SMILES string of the molecule is COc1nccc(N(C)C)c1NCc1cc(F)ccc1Br.